The largest absolute Gasteiger partial charge is 0.351 e. The van der Waals surface area contributed by atoms with Crippen LogP contribution in [0, 0.1) is 0 Å². The summed E-state index contributed by atoms with van der Waals surface area (Å²) in [5.41, 5.74) is 1.39. The third-order valence-electron chi connectivity index (χ3n) is 2.43. The lowest BCUT2D eigenvalue weighted by atomic mass is 10.3. The van der Waals surface area contributed by atoms with Crippen molar-refractivity contribution in [2.75, 3.05) is 11.9 Å². The Balaban J connectivity index is 0.00000106. The molecule has 0 aliphatic carbocycles. The van der Waals surface area contributed by atoms with Gasteiger partial charge < -0.3 is 10.6 Å². The first-order valence-electron chi connectivity index (χ1n) is 6.66. The molecule has 114 valence electrons. The molecule has 1 amide bonds. The van der Waals surface area contributed by atoms with Gasteiger partial charge in [-0.15, -0.1) is 0 Å². The number of anilines is 2. The first-order chi connectivity index (χ1) is 10.1. The van der Waals surface area contributed by atoms with Crippen LogP contribution in [0.25, 0.3) is 0 Å². The molecule has 0 fully saturated rings. The van der Waals surface area contributed by atoms with E-state index in [0.29, 0.717) is 33.7 Å². The average Bonchev–Trinajstić information content (AvgIpc) is 2.94. The van der Waals surface area contributed by atoms with Crippen molar-refractivity contribution >= 4 is 40.5 Å². The second kappa shape index (κ2) is 8.54. The van der Waals surface area contributed by atoms with E-state index in [4.69, 9.17) is 23.2 Å². The maximum Gasteiger partial charge on any atom is 0.271 e. The summed E-state index contributed by atoms with van der Waals surface area (Å²) in [6.07, 6.45) is 1.50. The molecular weight excluding hydrogens is 311 g/mol. The zero-order valence-electron chi connectivity index (χ0n) is 12.1. The molecule has 2 rings (SSSR count). The van der Waals surface area contributed by atoms with Gasteiger partial charge in [0.2, 0.25) is 0 Å². The normalized spacial score (nSPS) is 9.57. The fourth-order valence-corrected chi connectivity index (χ4v) is 2.05. The van der Waals surface area contributed by atoms with E-state index in [1.54, 1.807) is 18.2 Å². The van der Waals surface area contributed by atoms with Crippen molar-refractivity contribution < 1.29 is 4.79 Å². The van der Waals surface area contributed by atoms with Gasteiger partial charge in [-0.3, -0.25) is 9.89 Å². The third kappa shape index (κ3) is 4.37. The highest BCUT2D eigenvalue weighted by Crippen LogP contribution is 2.33. The number of hydrogen-bond acceptors (Lipinski definition) is 3. The number of carbonyl (C=O) groups is 1. The second-order valence-electron chi connectivity index (χ2n) is 3.74. The quantitative estimate of drug-likeness (QED) is 0.786. The molecule has 1 aromatic heterocycles. The molecule has 0 aliphatic heterocycles. The van der Waals surface area contributed by atoms with Gasteiger partial charge in [-0.05, 0) is 19.1 Å². The monoisotopic (exact) mass is 328 g/mol. The molecule has 3 N–H and O–H groups in total. The molecule has 0 aliphatic rings. The first kappa shape index (κ1) is 17.3. The zero-order chi connectivity index (χ0) is 15.8. The van der Waals surface area contributed by atoms with Gasteiger partial charge in [-0.25, -0.2) is 0 Å². The predicted octanol–water partition coefficient (Wildman–Crippen LogP) is 4.24. The summed E-state index contributed by atoms with van der Waals surface area (Å²) in [6.45, 7) is 6.37. The lowest BCUT2D eigenvalue weighted by molar-refractivity contribution is 0.0951. The SMILES string of the molecule is CC.CCNC(=O)c1[nH]ncc1Nc1c(Cl)cccc1Cl. The number of para-hydroxylation sites is 1. The van der Waals surface area contributed by atoms with Crippen molar-refractivity contribution in [1.29, 1.82) is 0 Å². The van der Waals surface area contributed by atoms with Gasteiger partial charge in [0, 0.05) is 6.54 Å². The van der Waals surface area contributed by atoms with E-state index in [2.05, 4.69) is 20.8 Å². The zero-order valence-corrected chi connectivity index (χ0v) is 13.6. The van der Waals surface area contributed by atoms with Gasteiger partial charge >= 0.3 is 0 Å². The smallest absolute Gasteiger partial charge is 0.271 e. The topological polar surface area (TPSA) is 69.8 Å². The average molecular weight is 329 g/mol. The molecule has 2 aromatic rings. The van der Waals surface area contributed by atoms with Crippen LogP contribution in [-0.2, 0) is 0 Å². The Morgan fingerprint density at radius 2 is 1.90 bits per heavy atom. The van der Waals surface area contributed by atoms with Crippen LogP contribution in [0.5, 0.6) is 0 Å². The minimum Gasteiger partial charge on any atom is -0.351 e. The highest BCUT2D eigenvalue weighted by Gasteiger charge is 2.15. The third-order valence-corrected chi connectivity index (χ3v) is 3.06. The Morgan fingerprint density at radius 3 is 2.48 bits per heavy atom. The van der Waals surface area contributed by atoms with Crippen LogP contribution >= 0.6 is 23.2 Å². The van der Waals surface area contributed by atoms with Crippen LogP contribution in [0.4, 0.5) is 11.4 Å². The molecule has 0 radical (unpaired) electrons. The van der Waals surface area contributed by atoms with Crippen LogP contribution in [0.15, 0.2) is 24.4 Å². The van der Waals surface area contributed by atoms with Crippen molar-refractivity contribution in [2.24, 2.45) is 0 Å². The van der Waals surface area contributed by atoms with E-state index in [9.17, 15) is 4.79 Å². The van der Waals surface area contributed by atoms with E-state index in [-0.39, 0.29) is 5.91 Å². The number of carbonyl (C=O) groups excluding carboxylic acids is 1. The molecule has 7 heteroatoms. The van der Waals surface area contributed by atoms with Crippen molar-refractivity contribution in [1.82, 2.24) is 15.5 Å². The Hall–Kier alpha value is -1.72. The Kier molecular flexibility index (Phi) is 7.05. The number of halogens is 2. The van der Waals surface area contributed by atoms with Crippen LogP contribution in [0.2, 0.25) is 10.0 Å². The number of rotatable bonds is 4. The van der Waals surface area contributed by atoms with E-state index in [1.165, 1.54) is 6.20 Å². The molecule has 0 saturated heterocycles. The highest BCUT2D eigenvalue weighted by molar-refractivity contribution is 6.39. The van der Waals surface area contributed by atoms with Crippen molar-refractivity contribution in [3.63, 3.8) is 0 Å². The minimum absolute atomic E-state index is 0.245. The fraction of sp³-hybridized carbons (Fsp3) is 0.286. The Labute approximate surface area is 134 Å². The number of H-pyrrole nitrogens is 1. The Bertz CT molecular complexity index is 578. The van der Waals surface area contributed by atoms with Crippen LogP contribution < -0.4 is 10.6 Å². The number of aromatic nitrogens is 2. The van der Waals surface area contributed by atoms with Gasteiger partial charge in [0.15, 0.2) is 0 Å². The molecule has 0 spiro atoms. The van der Waals surface area contributed by atoms with Gasteiger partial charge in [0.1, 0.15) is 5.69 Å². The summed E-state index contributed by atoms with van der Waals surface area (Å²) >= 11 is 12.1. The molecule has 0 bridgehead atoms. The summed E-state index contributed by atoms with van der Waals surface area (Å²) in [5.74, 6) is -0.245. The molecule has 1 heterocycles. The predicted molar refractivity (Wildman–Crippen MR) is 87.7 cm³/mol. The number of amides is 1. The summed E-state index contributed by atoms with van der Waals surface area (Å²) in [4.78, 5) is 11.8. The number of hydrogen-bond donors (Lipinski definition) is 3. The number of nitrogens with one attached hydrogen (secondary N) is 3. The van der Waals surface area contributed by atoms with Crippen LogP contribution in [0.3, 0.4) is 0 Å². The van der Waals surface area contributed by atoms with Gasteiger partial charge in [0.25, 0.3) is 5.91 Å². The second-order valence-corrected chi connectivity index (χ2v) is 4.55. The molecule has 0 saturated carbocycles. The van der Waals surface area contributed by atoms with Crippen LogP contribution in [-0.4, -0.2) is 22.6 Å². The lowest BCUT2D eigenvalue weighted by Gasteiger charge is -2.10. The molecule has 0 unspecified atom stereocenters. The molecular formula is C14H18Cl2N4O. The molecule has 1 aromatic carbocycles. The van der Waals surface area contributed by atoms with Crippen LogP contribution in [0.1, 0.15) is 31.3 Å². The van der Waals surface area contributed by atoms with Gasteiger partial charge in [-0.2, -0.15) is 5.10 Å². The van der Waals surface area contributed by atoms with Crippen molar-refractivity contribution in [3.05, 3.63) is 40.1 Å². The highest BCUT2D eigenvalue weighted by atomic mass is 35.5. The summed E-state index contributed by atoms with van der Waals surface area (Å²) in [6, 6.07) is 5.17. The summed E-state index contributed by atoms with van der Waals surface area (Å²) in [5, 5.41) is 13.1. The maximum absolute atomic E-state index is 11.8. The van der Waals surface area contributed by atoms with Gasteiger partial charge in [0.05, 0.1) is 27.6 Å². The summed E-state index contributed by atoms with van der Waals surface area (Å²) in [7, 11) is 0. The number of nitrogens with zero attached hydrogens (tertiary/aromatic N) is 1. The first-order valence-corrected chi connectivity index (χ1v) is 7.41. The Morgan fingerprint density at radius 1 is 1.29 bits per heavy atom. The fourth-order valence-electron chi connectivity index (χ4n) is 1.55. The molecule has 21 heavy (non-hydrogen) atoms. The van der Waals surface area contributed by atoms with E-state index < -0.39 is 0 Å². The van der Waals surface area contributed by atoms with E-state index >= 15 is 0 Å². The van der Waals surface area contributed by atoms with Gasteiger partial charge in [-0.1, -0.05) is 43.1 Å². The molecule has 5 nitrogen and oxygen atoms in total. The van der Waals surface area contributed by atoms with Crippen molar-refractivity contribution in [3.8, 4) is 0 Å². The van der Waals surface area contributed by atoms with E-state index in [1.807, 2.05) is 20.8 Å². The summed E-state index contributed by atoms with van der Waals surface area (Å²) < 4.78 is 0. The van der Waals surface area contributed by atoms with E-state index in [0.717, 1.165) is 0 Å². The standard InChI is InChI=1S/C12H12Cl2N4O.C2H6/c1-2-15-12(19)11-9(6-16-18-11)17-10-7(13)4-3-5-8(10)14;1-2/h3-6,17H,2H2,1H3,(H,15,19)(H,16,18);1-2H3. The lowest BCUT2D eigenvalue weighted by Crippen LogP contribution is -2.23. The maximum atomic E-state index is 11.8. The molecule has 0 atom stereocenters. The number of benzene rings is 1. The minimum atomic E-state index is -0.245. The van der Waals surface area contributed by atoms with Crippen molar-refractivity contribution in [2.45, 2.75) is 20.8 Å². The number of aromatic amines is 1.